The fourth-order valence-corrected chi connectivity index (χ4v) is 6.55. The average molecular weight is 498 g/mol. The number of halogens is 1. The Morgan fingerprint density at radius 1 is 1.09 bits per heavy atom. The van der Waals surface area contributed by atoms with E-state index in [1.807, 2.05) is 17.0 Å². The number of nitrogens with one attached hydrogen (secondary N) is 1. The quantitative estimate of drug-likeness (QED) is 0.545. The Morgan fingerprint density at radius 2 is 1.77 bits per heavy atom. The van der Waals surface area contributed by atoms with E-state index in [4.69, 9.17) is 11.6 Å². The van der Waals surface area contributed by atoms with Crippen LogP contribution < -0.4 is 5.32 Å². The van der Waals surface area contributed by atoms with Crippen molar-refractivity contribution >= 4 is 23.3 Å². The highest BCUT2D eigenvalue weighted by molar-refractivity contribution is 6.30. The number of piperidine rings is 1. The van der Waals surface area contributed by atoms with Gasteiger partial charge in [-0.1, -0.05) is 17.7 Å². The zero-order valence-corrected chi connectivity index (χ0v) is 21.4. The van der Waals surface area contributed by atoms with E-state index in [1.54, 1.807) is 30.3 Å². The Hall–Kier alpha value is -2.28. The maximum atomic E-state index is 13.2. The van der Waals surface area contributed by atoms with Crippen molar-refractivity contribution in [3.63, 3.8) is 0 Å². The molecule has 3 unspecified atom stereocenters. The second-order valence-corrected chi connectivity index (χ2v) is 11.2. The van der Waals surface area contributed by atoms with E-state index in [0.717, 1.165) is 36.6 Å². The van der Waals surface area contributed by atoms with Crippen molar-refractivity contribution in [3.8, 4) is 5.75 Å². The third kappa shape index (κ3) is 4.52. The number of phenols is 1. The van der Waals surface area contributed by atoms with Crippen LogP contribution in [0.5, 0.6) is 5.75 Å². The Balaban J connectivity index is 1.46. The van der Waals surface area contributed by atoms with Gasteiger partial charge in [-0.25, -0.2) is 4.79 Å². The summed E-state index contributed by atoms with van der Waals surface area (Å²) >= 11 is 5.99. The molecule has 1 saturated carbocycles. The van der Waals surface area contributed by atoms with Gasteiger partial charge in [0.05, 0.1) is 5.60 Å². The van der Waals surface area contributed by atoms with E-state index >= 15 is 0 Å². The number of phenolic OH excluding ortho intramolecular Hbond substituents is 1. The van der Waals surface area contributed by atoms with E-state index < -0.39 is 11.0 Å². The topological polar surface area (TPSA) is 76.0 Å². The molecule has 2 saturated heterocycles. The number of anilines is 1. The molecule has 2 heterocycles. The normalized spacial score (nSPS) is 29.4. The molecule has 35 heavy (non-hydrogen) atoms. The smallest absolute Gasteiger partial charge is 0.321 e. The first-order valence-electron chi connectivity index (χ1n) is 12.8. The first-order valence-corrected chi connectivity index (χ1v) is 13.2. The number of carbonyl (C=O) groups excluding carboxylic acids is 1. The van der Waals surface area contributed by atoms with Crippen LogP contribution in [0.1, 0.15) is 50.2 Å². The van der Waals surface area contributed by atoms with Crippen molar-refractivity contribution in [2.24, 2.45) is 5.92 Å². The Kier molecular flexibility index (Phi) is 6.49. The van der Waals surface area contributed by atoms with Crippen LogP contribution in [-0.2, 0) is 5.41 Å². The lowest BCUT2D eigenvalue weighted by atomic mass is 9.57. The summed E-state index contributed by atoms with van der Waals surface area (Å²) in [5.74, 6) is 0.959. The molecule has 6 nitrogen and oxygen atoms in total. The second-order valence-electron chi connectivity index (χ2n) is 10.8. The van der Waals surface area contributed by atoms with E-state index in [1.165, 1.54) is 12.8 Å². The lowest BCUT2D eigenvalue weighted by Gasteiger charge is -2.57. The number of hydrogen-bond acceptors (Lipinski definition) is 4. The SMILES string of the molecule is Cc1ccc(O)cc1C12CCN(C(=O)Nc3ccc(Cl)cc3)CCC1(O)C(C)N(CC1CC1)CC2. The van der Waals surface area contributed by atoms with E-state index in [9.17, 15) is 15.0 Å². The zero-order chi connectivity index (χ0) is 24.8. The summed E-state index contributed by atoms with van der Waals surface area (Å²) in [5, 5.41) is 26.6. The number of rotatable bonds is 4. The number of urea groups is 1. The number of carbonyl (C=O) groups is 1. The highest BCUT2D eigenvalue weighted by Crippen LogP contribution is 2.53. The summed E-state index contributed by atoms with van der Waals surface area (Å²) in [7, 11) is 0. The predicted octanol–water partition coefficient (Wildman–Crippen LogP) is 5.16. The van der Waals surface area contributed by atoms with Gasteiger partial charge in [0, 0.05) is 41.8 Å². The number of hydrogen-bond donors (Lipinski definition) is 3. The Morgan fingerprint density at radius 3 is 2.49 bits per heavy atom. The molecule has 1 aliphatic carbocycles. The van der Waals surface area contributed by atoms with Gasteiger partial charge in [0.1, 0.15) is 5.75 Å². The van der Waals surface area contributed by atoms with Crippen LogP contribution in [0.25, 0.3) is 0 Å². The zero-order valence-electron chi connectivity index (χ0n) is 20.6. The molecular weight excluding hydrogens is 462 g/mol. The van der Waals surface area contributed by atoms with Crippen LogP contribution in [0.2, 0.25) is 5.02 Å². The van der Waals surface area contributed by atoms with Crippen molar-refractivity contribution < 1.29 is 15.0 Å². The number of fused-ring (bicyclic) bond motifs is 1. The summed E-state index contributed by atoms with van der Waals surface area (Å²) in [6, 6.07) is 12.4. The minimum absolute atomic E-state index is 0.0436. The fraction of sp³-hybridized carbons (Fsp3) is 0.536. The summed E-state index contributed by atoms with van der Waals surface area (Å²) in [6.45, 7) is 7.15. The Bertz CT molecular complexity index is 1090. The molecule has 0 bridgehead atoms. The first-order chi connectivity index (χ1) is 16.7. The van der Waals surface area contributed by atoms with Gasteiger partial charge in [0.25, 0.3) is 0 Å². The molecule has 3 fully saturated rings. The molecule has 0 radical (unpaired) electrons. The summed E-state index contributed by atoms with van der Waals surface area (Å²) in [4.78, 5) is 17.5. The van der Waals surface area contributed by atoms with Gasteiger partial charge in [-0.05, 0) is 106 Å². The molecule has 3 atom stereocenters. The lowest BCUT2D eigenvalue weighted by molar-refractivity contribution is -0.136. The third-order valence-electron chi connectivity index (χ3n) is 8.77. The maximum absolute atomic E-state index is 13.2. The molecule has 2 aliphatic heterocycles. The fourth-order valence-electron chi connectivity index (χ4n) is 6.43. The predicted molar refractivity (Wildman–Crippen MR) is 139 cm³/mol. The van der Waals surface area contributed by atoms with E-state index in [0.29, 0.717) is 36.6 Å². The van der Waals surface area contributed by atoms with Crippen LogP contribution in [0, 0.1) is 12.8 Å². The van der Waals surface area contributed by atoms with Gasteiger partial charge in [0.2, 0.25) is 0 Å². The average Bonchev–Trinajstić information content (AvgIpc) is 3.67. The van der Waals surface area contributed by atoms with Gasteiger partial charge in [-0.2, -0.15) is 0 Å². The van der Waals surface area contributed by atoms with Crippen molar-refractivity contribution in [3.05, 3.63) is 58.6 Å². The van der Waals surface area contributed by atoms with Crippen molar-refractivity contribution in [2.75, 3.05) is 31.5 Å². The molecule has 5 rings (SSSR count). The van der Waals surface area contributed by atoms with Gasteiger partial charge in [-0.3, -0.25) is 4.90 Å². The number of aromatic hydroxyl groups is 1. The number of aliphatic hydroxyl groups is 1. The van der Waals surface area contributed by atoms with Crippen LogP contribution in [0.15, 0.2) is 42.5 Å². The van der Waals surface area contributed by atoms with Crippen molar-refractivity contribution in [1.29, 1.82) is 0 Å². The van der Waals surface area contributed by atoms with Crippen LogP contribution >= 0.6 is 11.6 Å². The number of amides is 2. The van der Waals surface area contributed by atoms with Crippen molar-refractivity contribution in [1.82, 2.24) is 9.80 Å². The molecule has 7 heteroatoms. The van der Waals surface area contributed by atoms with Crippen LogP contribution in [0.4, 0.5) is 10.5 Å². The van der Waals surface area contributed by atoms with Gasteiger partial charge < -0.3 is 20.4 Å². The number of likely N-dealkylation sites (tertiary alicyclic amines) is 2. The maximum Gasteiger partial charge on any atom is 0.321 e. The minimum atomic E-state index is -1.02. The number of aryl methyl sites for hydroxylation is 1. The lowest BCUT2D eigenvalue weighted by Crippen LogP contribution is -2.68. The molecule has 188 valence electrons. The van der Waals surface area contributed by atoms with Crippen LogP contribution in [-0.4, -0.2) is 63.9 Å². The standard InChI is InChI=1S/C28H36ClN3O3/c1-19-3-10-24(33)17-25(19)27-11-14-31(26(34)30-23-8-6-22(29)7-9-23)16-13-28(27,35)20(2)32(15-12-27)18-21-4-5-21/h3,6-10,17,20-21,33,35H,4-5,11-16,18H2,1-2H3,(H,30,34). The third-order valence-corrected chi connectivity index (χ3v) is 9.03. The summed E-state index contributed by atoms with van der Waals surface area (Å²) in [5.41, 5.74) is 1.22. The molecular formula is C28H36ClN3O3. The number of benzene rings is 2. The van der Waals surface area contributed by atoms with Crippen LogP contribution in [0.3, 0.4) is 0 Å². The molecule has 0 spiro atoms. The highest BCUT2D eigenvalue weighted by Gasteiger charge is 2.59. The van der Waals surface area contributed by atoms with E-state index in [-0.39, 0.29) is 17.8 Å². The Labute approximate surface area is 212 Å². The van der Waals surface area contributed by atoms with E-state index in [2.05, 4.69) is 24.1 Å². The first kappa shape index (κ1) is 24.4. The molecule has 2 amide bonds. The molecule has 2 aromatic carbocycles. The second kappa shape index (κ2) is 9.30. The largest absolute Gasteiger partial charge is 0.508 e. The molecule has 3 N–H and O–H groups in total. The number of nitrogens with zero attached hydrogens (tertiary/aromatic N) is 2. The van der Waals surface area contributed by atoms with Crippen molar-refractivity contribution in [2.45, 2.75) is 63.0 Å². The highest BCUT2D eigenvalue weighted by atomic mass is 35.5. The summed E-state index contributed by atoms with van der Waals surface area (Å²) < 4.78 is 0. The minimum Gasteiger partial charge on any atom is -0.508 e. The summed E-state index contributed by atoms with van der Waals surface area (Å²) in [6.07, 6.45) is 4.48. The molecule has 0 aromatic heterocycles. The molecule has 3 aliphatic rings. The van der Waals surface area contributed by atoms with Gasteiger partial charge in [0.15, 0.2) is 0 Å². The molecule has 2 aromatic rings. The van der Waals surface area contributed by atoms with Gasteiger partial charge >= 0.3 is 6.03 Å². The monoisotopic (exact) mass is 497 g/mol. The van der Waals surface area contributed by atoms with Gasteiger partial charge in [-0.15, -0.1) is 0 Å².